The second kappa shape index (κ2) is 21.1. The molecule has 0 radical (unpaired) electrons. The molecule has 0 bridgehead atoms. The lowest BCUT2D eigenvalue weighted by Gasteiger charge is -2.39. The number of hydrogen-bond donors (Lipinski definition) is 0. The highest BCUT2D eigenvalue weighted by Crippen LogP contribution is 2.26. The lowest BCUT2D eigenvalue weighted by molar-refractivity contribution is -0.966. The van der Waals surface area contributed by atoms with Crippen LogP contribution in [0.4, 0.5) is 0 Å². The smallest absolute Gasteiger partial charge is 0.105 e. The van der Waals surface area contributed by atoms with Crippen molar-refractivity contribution in [2.45, 2.75) is 123 Å². The number of unbranched alkanes of at least 4 members (excludes halogenated alkanes) is 13. The highest BCUT2D eigenvalue weighted by Gasteiger charge is 2.28. The molecule has 3 aromatic rings. The molecule has 0 atom stereocenters. The zero-order chi connectivity index (χ0) is 28.7. The van der Waals surface area contributed by atoms with Crippen molar-refractivity contribution in [3.8, 4) is 0 Å². The minimum atomic E-state index is 1.08. The van der Waals surface area contributed by atoms with E-state index in [4.69, 9.17) is 0 Å². The fraction of sp³-hybridized carbons (Fsp3) is 0.500. The Kier molecular flexibility index (Phi) is 16.9. The first-order chi connectivity index (χ1) is 20.3. The molecule has 3 aromatic carbocycles. The predicted octanol–water partition coefficient (Wildman–Crippen LogP) is 11.8. The Labute approximate surface area is 253 Å². The van der Waals surface area contributed by atoms with Gasteiger partial charge in [-0.2, -0.15) is 0 Å². The van der Waals surface area contributed by atoms with Gasteiger partial charge in [-0.25, -0.2) is 0 Å². The van der Waals surface area contributed by atoms with Crippen LogP contribution in [-0.4, -0.2) is 11.0 Å². The molecule has 0 aromatic heterocycles. The number of rotatable bonds is 23. The van der Waals surface area contributed by atoms with Gasteiger partial charge < -0.3 is 4.48 Å². The van der Waals surface area contributed by atoms with Gasteiger partial charge >= 0.3 is 0 Å². The molecule has 0 fully saturated rings. The molecule has 222 valence electrons. The fourth-order valence-corrected chi connectivity index (χ4v) is 6.19. The first-order valence-corrected chi connectivity index (χ1v) is 16.9. The van der Waals surface area contributed by atoms with Crippen LogP contribution in [0.1, 0.15) is 120 Å². The van der Waals surface area contributed by atoms with Crippen molar-refractivity contribution in [1.29, 1.82) is 0 Å². The lowest BCUT2D eigenvalue weighted by Crippen LogP contribution is -2.46. The van der Waals surface area contributed by atoms with E-state index >= 15 is 0 Å². The average molecular weight is 553 g/mol. The molecule has 41 heavy (non-hydrogen) atoms. The van der Waals surface area contributed by atoms with Crippen LogP contribution in [0.5, 0.6) is 0 Å². The molecule has 0 aliphatic heterocycles. The summed E-state index contributed by atoms with van der Waals surface area (Å²) in [4.78, 5) is 0. The van der Waals surface area contributed by atoms with Crippen LogP contribution in [0.2, 0.25) is 0 Å². The SMILES string of the molecule is CCCCCCC/C=C/CCCCCCCCCC[N+](Cc1ccccc1)(Cc1ccccc1)Cc1ccccc1. The number of quaternary nitrogens is 1. The quantitative estimate of drug-likeness (QED) is 0.0623. The standard InChI is InChI=1S/C40H58N/c1-2-3-4-5-6-7-8-9-10-11-12-13-14-15-16-17-27-34-41(35-38-28-21-18-22-29-38,36-39-30-23-19-24-31-39)37-40-32-25-20-26-33-40/h8-9,18-26,28-33H,2-7,10-17,27,34-37H2,1H3/q+1/b9-8+. The van der Waals surface area contributed by atoms with Gasteiger partial charge in [-0.05, 0) is 38.5 Å². The molecule has 0 unspecified atom stereocenters. The van der Waals surface area contributed by atoms with E-state index in [1.54, 1.807) is 0 Å². The summed E-state index contributed by atoms with van der Waals surface area (Å²) in [7, 11) is 0. The summed E-state index contributed by atoms with van der Waals surface area (Å²) in [5.74, 6) is 0. The van der Waals surface area contributed by atoms with Crippen molar-refractivity contribution < 1.29 is 4.48 Å². The van der Waals surface area contributed by atoms with Gasteiger partial charge in [-0.3, -0.25) is 0 Å². The van der Waals surface area contributed by atoms with Gasteiger partial charge in [0.05, 0.1) is 6.54 Å². The Morgan fingerprint density at radius 1 is 0.415 bits per heavy atom. The summed E-state index contributed by atoms with van der Waals surface area (Å²) in [5, 5.41) is 0. The van der Waals surface area contributed by atoms with Gasteiger partial charge in [0.15, 0.2) is 0 Å². The van der Waals surface area contributed by atoms with E-state index < -0.39 is 0 Å². The molecule has 0 amide bonds. The summed E-state index contributed by atoms with van der Waals surface area (Å²) < 4.78 is 1.09. The van der Waals surface area contributed by atoms with E-state index in [-0.39, 0.29) is 0 Å². The van der Waals surface area contributed by atoms with Crippen LogP contribution in [0.25, 0.3) is 0 Å². The summed E-state index contributed by atoms with van der Waals surface area (Å²) in [6.45, 7) is 6.76. The third kappa shape index (κ3) is 14.7. The summed E-state index contributed by atoms with van der Waals surface area (Å²) in [6.07, 6.45) is 25.4. The predicted molar refractivity (Wildman–Crippen MR) is 180 cm³/mol. The Balaban J connectivity index is 1.41. The first kappa shape index (κ1) is 32.9. The van der Waals surface area contributed by atoms with Gasteiger partial charge in [-0.15, -0.1) is 0 Å². The Morgan fingerprint density at radius 2 is 0.756 bits per heavy atom. The van der Waals surface area contributed by atoms with Gasteiger partial charge in [0, 0.05) is 16.7 Å². The maximum Gasteiger partial charge on any atom is 0.105 e. The molecule has 0 spiro atoms. The molecule has 0 aliphatic rings. The maximum atomic E-state index is 2.44. The van der Waals surface area contributed by atoms with E-state index in [1.807, 2.05) is 0 Å². The van der Waals surface area contributed by atoms with Gasteiger partial charge in [0.1, 0.15) is 19.6 Å². The molecule has 3 rings (SSSR count). The summed E-state index contributed by atoms with van der Waals surface area (Å²) >= 11 is 0. The Bertz CT molecular complexity index is 923. The Hall–Kier alpha value is -2.64. The van der Waals surface area contributed by atoms with Crippen molar-refractivity contribution in [3.05, 3.63) is 120 Å². The molecule has 1 nitrogen and oxygen atoms in total. The van der Waals surface area contributed by atoms with Crippen LogP contribution in [-0.2, 0) is 19.6 Å². The van der Waals surface area contributed by atoms with Crippen LogP contribution in [0, 0.1) is 0 Å². The molecule has 0 N–H and O–H groups in total. The molecular formula is C40H58N+. The van der Waals surface area contributed by atoms with Gasteiger partial charge in [0.2, 0.25) is 0 Å². The van der Waals surface area contributed by atoms with E-state index in [9.17, 15) is 0 Å². The molecule has 0 saturated heterocycles. The zero-order valence-corrected chi connectivity index (χ0v) is 26.2. The fourth-order valence-electron chi connectivity index (χ4n) is 6.19. The lowest BCUT2D eigenvalue weighted by atomic mass is 10.0. The van der Waals surface area contributed by atoms with E-state index in [0.717, 1.165) is 24.1 Å². The molecule has 0 saturated carbocycles. The van der Waals surface area contributed by atoms with Gasteiger partial charge in [0.25, 0.3) is 0 Å². The first-order valence-electron chi connectivity index (χ1n) is 16.9. The average Bonchev–Trinajstić information content (AvgIpc) is 3.00. The Morgan fingerprint density at radius 3 is 1.15 bits per heavy atom. The number of hydrogen-bond acceptors (Lipinski definition) is 0. The van der Waals surface area contributed by atoms with Crippen LogP contribution in [0.3, 0.4) is 0 Å². The summed E-state index contributed by atoms with van der Waals surface area (Å²) in [6, 6.07) is 33.5. The van der Waals surface area contributed by atoms with Crippen molar-refractivity contribution in [3.63, 3.8) is 0 Å². The largest absolute Gasteiger partial charge is 0.312 e. The van der Waals surface area contributed by atoms with Crippen molar-refractivity contribution >= 4 is 0 Å². The number of allylic oxidation sites excluding steroid dienone is 2. The van der Waals surface area contributed by atoms with E-state index in [1.165, 1.54) is 120 Å². The van der Waals surface area contributed by atoms with E-state index in [2.05, 4.69) is 110 Å². The van der Waals surface area contributed by atoms with Crippen molar-refractivity contribution in [1.82, 2.24) is 0 Å². The topological polar surface area (TPSA) is 0 Å². The zero-order valence-electron chi connectivity index (χ0n) is 26.2. The second-order valence-corrected chi connectivity index (χ2v) is 12.3. The monoisotopic (exact) mass is 552 g/mol. The van der Waals surface area contributed by atoms with Crippen molar-refractivity contribution in [2.24, 2.45) is 0 Å². The van der Waals surface area contributed by atoms with Crippen molar-refractivity contribution in [2.75, 3.05) is 6.54 Å². The highest BCUT2D eigenvalue weighted by molar-refractivity contribution is 5.17. The molecule has 1 heteroatoms. The minimum Gasteiger partial charge on any atom is -0.312 e. The molecular weight excluding hydrogens is 494 g/mol. The maximum absolute atomic E-state index is 2.44. The normalized spacial score (nSPS) is 11.8. The number of nitrogens with zero attached hydrogens (tertiary/aromatic N) is 1. The highest BCUT2D eigenvalue weighted by atomic mass is 15.3. The minimum absolute atomic E-state index is 1.08. The van der Waals surface area contributed by atoms with E-state index in [0.29, 0.717) is 0 Å². The van der Waals surface area contributed by atoms with Crippen LogP contribution in [0.15, 0.2) is 103 Å². The third-order valence-corrected chi connectivity index (χ3v) is 8.48. The second-order valence-electron chi connectivity index (χ2n) is 12.3. The summed E-state index contributed by atoms with van der Waals surface area (Å²) in [5.41, 5.74) is 4.34. The number of benzene rings is 3. The molecule has 0 heterocycles. The third-order valence-electron chi connectivity index (χ3n) is 8.48. The van der Waals surface area contributed by atoms with Crippen LogP contribution < -0.4 is 0 Å². The molecule has 0 aliphatic carbocycles. The van der Waals surface area contributed by atoms with Gasteiger partial charge in [-0.1, -0.05) is 168 Å². The van der Waals surface area contributed by atoms with Crippen LogP contribution >= 0.6 is 0 Å².